The molecule has 0 fully saturated rings. The van der Waals surface area contributed by atoms with Crippen LogP contribution in [-0.2, 0) is 6.54 Å². The summed E-state index contributed by atoms with van der Waals surface area (Å²) in [6.07, 6.45) is 1.21. The molecule has 7 heteroatoms. The standard InChI is InChI=1S/C15H15N3O4/c1-2-18-13(10(9-16-18)15(20)21)14(19)17-7-8-22-12-6-4-3-5-11(12)17/h3-6,9H,2,7-8H2,1H3,(H,20,21). The van der Waals surface area contributed by atoms with Crippen molar-refractivity contribution in [2.45, 2.75) is 13.5 Å². The second-order valence-corrected chi connectivity index (χ2v) is 4.80. The van der Waals surface area contributed by atoms with E-state index in [2.05, 4.69) is 5.10 Å². The van der Waals surface area contributed by atoms with Crippen molar-refractivity contribution in [2.75, 3.05) is 18.1 Å². The van der Waals surface area contributed by atoms with Gasteiger partial charge in [-0.1, -0.05) is 12.1 Å². The Balaban J connectivity index is 2.06. The summed E-state index contributed by atoms with van der Waals surface area (Å²) in [5.74, 6) is -0.932. The Morgan fingerprint density at radius 2 is 2.14 bits per heavy atom. The summed E-state index contributed by atoms with van der Waals surface area (Å²) in [5.41, 5.74) is 0.640. The minimum atomic E-state index is -1.16. The zero-order chi connectivity index (χ0) is 15.7. The SMILES string of the molecule is CCn1ncc(C(=O)O)c1C(=O)N1CCOc2ccccc21. The predicted molar refractivity (Wildman–Crippen MR) is 78.5 cm³/mol. The van der Waals surface area contributed by atoms with Crippen LogP contribution in [0, 0.1) is 0 Å². The number of hydrogen-bond acceptors (Lipinski definition) is 4. The molecule has 1 aromatic carbocycles. The van der Waals surface area contributed by atoms with Crippen LogP contribution in [0.25, 0.3) is 0 Å². The van der Waals surface area contributed by atoms with Gasteiger partial charge in [0, 0.05) is 6.54 Å². The van der Waals surface area contributed by atoms with Crippen LogP contribution in [0.15, 0.2) is 30.5 Å². The molecule has 0 unspecified atom stereocenters. The number of aryl methyl sites for hydroxylation is 1. The summed E-state index contributed by atoms with van der Waals surface area (Å²) in [6, 6.07) is 7.19. The number of carbonyl (C=O) groups is 2. The lowest BCUT2D eigenvalue weighted by Crippen LogP contribution is -2.39. The first-order chi connectivity index (χ1) is 10.6. The molecular formula is C15H15N3O4. The van der Waals surface area contributed by atoms with Crippen molar-refractivity contribution in [1.29, 1.82) is 0 Å². The molecule has 2 heterocycles. The number of hydrogen-bond donors (Lipinski definition) is 1. The van der Waals surface area contributed by atoms with Gasteiger partial charge in [0.05, 0.1) is 18.4 Å². The molecule has 0 radical (unpaired) electrons. The Labute approximate surface area is 126 Å². The number of fused-ring (bicyclic) bond motifs is 1. The van der Waals surface area contributed by atoms with Crippen molar-refractivity contribution >= 4 is 17.6 Å². The predicted octanol–water partition coefficient (Wildman–Crippen LogP) is 1.64. The minimum Gasteiger partial charge on any atom is -0.490 e. The third kappa shape index (κ3) is 2.20. The monoisotopic (exact) mass is 301 g/mol. The summed E-state index contributed by atoms with van der Waals surface area (Å²) in [5, 5.41) is 13.3. The molecule has 0 aliphatic carbocycles. The number of carboxylic acids is 1. The van der Waals surface area contributed by atoms with Crippen LogP contribution in [0.3, 0.4) is 0 Å². The zero-order valence-corrected chi connectivity index (χ0v) is 12.0. The van der Waals surface area contributed by atoms with E-state index < -0.39 is 5.97 Å². The number of aromatic carboxylic acids is 1. The Bertz CT molecular complexity index is 738. The summed E-state index contributed by atoms with van der Waals surface area (Å²) in [4.78, 5) is 25.7. The third-order valence-electron chi connectivity index (χ3n) is 3.55. The molecule has 3 rings (SSSR count). The van der Waals surface area contributed by atoms with Gasteiger partial charge >= 0.3 is 5.97 Å². The number of rotatable bonds is 3. The molecule has 1 aliphatic rings. The van der Waals surface area contributed by atoms with Crippen LogP contribution in [0.2, 0.25) is 0 Å². The first-order valence-electron chi connectivity index (χ1n) is 6.96. The van der Waals surface area contributed by atoms with E-state index in [0.717, 1.165) is 0 Å². The summed E-state index contributed by atoms with van der Waals surface area (Å²) >= 11 is 0. The van der Waals surface area contributed by atoms with E-state index in [-0.39, 0.29) is 17.2 Å². The molecule has 0 atom stereocenters. The molecule has 114 valence electrons. The molecule has 0 saturated heterocycles. The Morgan fingerprint density at radius 1 is 1.36 bits per heavy atom. The smallest absolute Gasteiger partial charge is 0.339 e. The largest absolute Gasteiger partial charge is 0.490 e. The summed E-state index contributed by atoms with van der Waals surface area (Å²) < 4.78 is 6.93. The van der Waals surface area contributed by atoms with Gasteiger partial charge in [0.25, 0.3) is 5.91 Å². The summed E-state index contributed by atoms with van der Waals surface area (Å²) in [7, 11) is 0. The van der Waals surface area contributed by atoms with Crippen LogP contribution in [0.4, 0.5) is 5.69 Å². The molecule has 2 aromatic rings. The highest BCUT2D eigenvalue weighted by Gasteiger charge is 2.30. The van der Waals surface area contributed by atoms with Gasteiger partial charge in [0.15, 0.2) is 0 Å². The minimum absolute atomic E-state index is 0.0872. The molecule has 0 spiro atoms. The van der Waals surface area contributed by atoms with Gasteiger partial charge < -0.3 is 14.7 Å². The number of carbonyl (C=O) groups excluding carboxylic acids is 1. The van der Waals surface area contributed by atoms with Gasteiger partial charge in [-0.05, 0) is 19.1 Å². The van der Waals surface area contributed by atoms with Gasteiger partial charge in [0.1, 0.15) is 23.6 Å². The molecule has 0 saturated carbocycles. The maximum absolute atomic E-state index is 12.9. The molecule has 1 amide bonds. The highest BCUT2D eigenvalue weighted by molar-refractivity contribution is 6.11. The normalized spacial score (nSPS) is 13.4. The van der Waals surface area contributed by atoms with Crippen LogP contribution >= 0.6 is 0 Å². The summed E-state index contributed by atoms with van der Waals surface area (Å²) in [6.45, 7) is 2.96. The van der Waals surface area contributed by atoms with E-state index in [9.17, 15) is 14.7 Å². The average Bonchev–Trinajstić information content (AvgIpc) is 2.98. The fourth-order valence-corrected chi connectivity index (χ4v) is 2.52. The van der Waals surface area contributed by atoms with Gasteiger partial charge in [0.2, 0.25) is 0 Å². The van der Waals surface area contributed by atoms with E-state index in [1.165, 1.54) is 15.8 Å². The van der Waals surface area contributed by atoms with Crippen molar-refractivity contribution in [3.63, 3.8) is 0 Å². The van der Waals surface area contributed by atoms with Crippen molar-refractivity contribution in [2.24, 2.45) is 0 Å². The lowest BCUT2D eigenvalue weighted by molar-refractivity contribution is 0.0691. The maximum Gasteiger partial charge on any atom is 0.339 e. The molecule has 0 bridgehead atoms. The van der Waals surface area contributed by atoms with E-state index in [0.29, 0.717) is 31.1 Å². The lowest BCUT2D eigenvalue weighted by Gasteiger charge is -2.29. The number of ether oxygens (including phenoxy) is 1. The molecule has 7 nitrogen and oxygen atoms in total. The number of benzene rings is 1. The number of nitrogens with zero attached hydrogens (tertiary/aromatic N) is 3. The van der Waals surface area contributed by atoms with Crippen molar-refractivity contribution in [1.82, 2.24) is 9.78 Å². The first kappa shape index (κ1) is 14.1. The van der Waals surface area contributed by atoms with Gasteiger partial charge in [-0.15, -0.1) is 0 Å². The number of para-hydroxylation sites is 2. The van der Waals surface area contributed by atoms with E-state index in [1.54, 1.807) is 12.1 Å². The van der Waals surface area contributed by atoms with Crippen molar-refractivity contribution < 1.29 is 19.4 Å². The van der Waals surface area contributed by atoms with E-state index in [4.69, 9.17) is 4.74 Å². The quantitative estimate of drug-likeness (QED) is 0.931. The molecule has 1 aliphatic heterocycles. The molecule has 1 aromatic heterocycles. The Morgan fingerprint density at radius 3 is 2.86 bits per heavy atom. The second kappa shape index (κ2) is 5.51. The number of amides is 1. The molecule has 1 N–H and O–H groups in total. The first-order valence-corrected chi connectivity index (χ1v) is 6.96. The van der Waals surface area contributed by atoms with Gasteiger partial charge in [-0.3, -0.25) is 9.48 Å². The maximum atomic E-state index is 12.9. The second-order valence-electron chi connectivity index (χ2n) is 4.80. The Kier molecular flexibility index (Phi) is 3.54. The van der Waals surface area contributed by atoms with E-state index in [1.807, 2.05) is 19.1 Å². The fourth-order valence-electron chi connectivity index (χ4n) is 2.52. The fraction of sp³-hybridized carbons (Fsp3) is 0.267. The third-order valence-corrected chi connectivity index (χ3v) is 3.55. The van der Waals surface area contributed by atoms with Crippen molar-refractivity contribution in [3.8, 4) is 5.75 Å². The highest BCUT2D eigenvalue weighted by atomic mass is 16.5. The highest BCUT2D eigenvalue weighted by Crippen LogP contribution is 2.32. The number of anilines is 1. The molecular weight excluding hydrogens is 286 g/mol. The number of aromatic nitrogens is 2. The van der Waals surface area contributed by atoms with Crippen LogP contribution in [0.5, 0.6) is 5.75 Å². The molecule has 22 heavy (non-hydrogen) atoms. The van der Waals surface area contributed by atoms with Gasteiger partial charge in [-0.2, -0.15) is 5.10 Å². The zero-order valence-electron chi connectivity index (χ0n) is 12.0. The van der Waals surface area contributed by atoms with Crippen LogP contribution < -0.4 is 9.64 Å². The topological polar surface area (TPSA) is 84.7 Å². The van der Waals surface area contributed by atoms with Crippen LogP contribution in [0.1, 0.15) is 27.8 Å². The Hall–Kier alpha value is -2.83. The lowest BCUT2D eigenvalue weighted by atomic mass is 10.1. The van der Waals surface area contributed by atoms with Crippen LogP contribution in [-0.4, -0.2) is 39.9 Å². The number of carboxylic acid groups (broad SMARTS) is 1. The van der Waals surface area contributed by atoms with Crippen molar-refractivity contribution in [3.05, 3.63) is 41.7 Å². The van der Waals surface area contributed by atoms with E-state index >= 15 is 0 Å². The van der Waals surface area contributed by atoms with Gasteiger partial charge in [-0.25, -0.2) is 4.79 Å². The average molecular weight is 301 g/mol.